The highest BCUT2D eigenvalue weighted by Crippen LogP contribution is 2.48. The molecule has 1 saturated heterocycles. The number of aliphatic hydroxyl groups is 1. The first kappa shape index (κ1) is 98.5. The number of unbranched alkanes of at least 4 members (excludes halogenated alkanes) is 3. The van der Waals surface area contributed by atoms with Gasteiger partial charge in [-0.15, -0.1) is 0 Å². The van der Waals surface area contributed by atoms with Crippen LogP contribution in [0.25, 0.3) is 16.6 Å². The Morgan fingerprint density at radius 3 is 1.70 bits per heavy atom. The number of pyridine rings is 1. The van der Waals surface area contributed by atoms with E-state index >= 15 is 4.39 Å². The lowest BCUT2D eigenvalue weighted by molar-refractivity contribution is -0.172. The fraction of sp³-hybridized carbons (Fsp3) is 0.643. The number of esters is 2. The second-order valence-electron chi connectivity index (χ2n) is 29.4. The van der Waals surface area contributed by atoms with E-state index < -0.39 is 103 Å². The molecule has 8 rings (SSSR count). The zero-order valence-corrected chi connectivity index (χ0v) is 70.5. The molecule has 9 amide bonds. The third-order valence-electron chi connectivity index (χ3n) is 20.5. The summed E-state index contributed by atoms with van der Waals surface area (Å²) in [6, 6.07) is 7.07. The van der Waals surface area contributed by atoms with Gasteiger partial charge in [0.1, 0.15) is 37.8 Å². The number of hydrogen-bond acceptors (Lipinski definition) is 29. The van der Waals surface area contributed by atoms with Gasteiger partial charge in [-0.2, -0.15) is 0 Å². The SMILES string of the molecule is CC[C@@]1(O)C(=O)OC(=O)C2=C1C=C1c3nc4cc(F)c(C)c5c4c(c3CN1C2)[C@@H](NC(=O)COCNC(=O)CNC(=O)[C@H](Cc1ccccc1)NC(=O)CNC(=O)[C@H](CCCCNC(=O)COCCOCCOCCOCCOCCOCCOCCOCCOCCOCCOCCOCCOC)NC(=O)CCCCCN1C(=O)CC(C)C1=O)CC5. The number of nitrogens with zero attached hydrogens (tertiary/aromatic N) is 3. The van der Waals surface area contributed by atoms with E-state index in [0.29, 0.717) is 235 Å². The zero-order chi connectivity index (χ0) is 87.3. The second-order valence-corrected chi connectivity index (χ2v) is 29.4. The number of halogens is 1. The van der Waals surface area contributed by atoms with Crippen molar-refractivity contribution in [2.45, 2.75) is 128 Å². The van der Waals surface area contributed by atoms with Crippen molar-refractivity contribution in [2.24, 2.45) is 5.92 Å². The van der Waals surface area contributed by atoms with Gasteiger partial charge < -0.3 is 118 Å². The van der Waals surface area contributed by atoms with Crippen LogP contribution >= 0.6 is 0 Å². The molecule has 37 nitrogen and oxygen atoms in total. The molecule has 1 aliphatic carbocycles. The lowest BCUT2D eigenvalue weighted by Crippen LogP contribution is -2.53. The van der Waals surface area contributed by atoms with E-state index in [2.05, 4.69) is 37.2 Å². The summed E-state index contributed by atoms with van der Waals surface area (Å²) >= 11 is 0. The Bertz CT molecular complexity index is 3970. The fourth-order valence-electron chi connectivity index (χ4n) is 14.0. The molecule has 5 heterocycles. The van der Waals surface area contributed by atoms with Gasteiger partial charge in [0, 0.05) is 74.5 Å². The van der Waals surface area contributed by atoms with E-state index in [1.54, 1.807) is 64.3 Å². The lowest BCUT2D eigenvalue weighted by Gasteiger charge is -2.36. The number of aryl methyl sites for hydroxylation is 1. The molecule has 0 saturated carbocycles. The highest BCUT2D eigenvalue weighted by molar-refractivity contribution is 6.08. The van der Waals surface area contributed by atoms with Gasteiger partial charge in [0.25, 0.3) is 0 Å². The second kappa shape index (κ2) is 54.6. The van der Waals surface area contributed by atoms with Gasteiger partial charge in [-0.1, -0.05) is 50.6 Å². The average molecular weight is 1720 g/mol. The van der Waals surface area contributed by atoms with E-state index in [4.69, 9.17) is 76.0 Å². The minimum absolute atomic E-state index is 0.00591. The maximum absolute atomic E-state index is 15.5. The summed E-state index contributed by atoms with van der Waals surface area (Å²) in [7, 11) is 1.63. The topological polar surface area (TPSA) is 450 Å². The number of aromatic nitrogens is 1. The van der Waals surface area contributed by atoms with Crippen molar-refractivity contribution in [3.63, 3.8) is 0 Å². The summed E-state index contributed by atoms with van der Waals surface area (Å²) < 4.78 is 96.8. The number of rotatable bonds is 65. The third kappa shape index (κ3) is 32.6. The Morgan fingerprint density at radius 2 is 1.15 bits per heavy atom. The Balaban J connectivity index is 0.670. The Kier molecular flexibility index (Phi) is 44.1. The highest BCUT2D eigenvalue weighted by Gasteiger charge is 2.51. The van der Waals surface area contributed by atoms with Crippen molar-refractivity contribution < 1.29 is 133 Å². The molecule has 1 aromatic heterocycles. The molecule has 2 aromatic carbocycles. The minimum atomic E-state index is -2.08. The summed E-state index contributed by atoms with van der Waals surface area (Å²) in [4.78, 5) is 153. The number of carbonyl (C=O) groups excluding carboxylic acids is 11. The monoisotopic (exact) mass is 1720 g/mol. The number of fused-ring (bicyclic) bond motifs is 4. The van der Waals surface area contributed by atoms with Crippen LogP contribution < -0.4 is 37.2 Å². The molecule has 122 heavy (non-hydrogen) atoms. The van der Waals surface area contributed by atoms with Gasteiger partial charge in [-0.05, 0) is 86.6 Å². The van der Waals surface area contributed by atoms with Crippen molar-refractivity contribution >= 4 is 81.7 Å². The fourth-order valence-corrected chi connectivity index (χ4v) is 14.0. The Labute approximate surface area is 709 Å². The number of cyclic esters (lactones) is 2. The van der Waals surface area contributed by atoms with Crippen LogP contribution in [0, 0.1) is 18.7 Å². The van der Waals surface area contributed by atoms with Crippen molar-refractivity contribution in [2.75, 3.05) is 218 Å². The molecule has 5 aliphatic rings. The summed E-state index contributed by atoms with van der Waals surface area (Å²) in [5.41, 5.74) is 2.69. The molecule has 676 valence electrons. The number of nitrogens with one attached hydrogen (secondary N) is 7. The highest BCUT2D eigenvalue weighted by atomic mass is 19.1. The van der Waals surface area contributed by atoms with Crippen LogP contribution in [0.1, 0.15) is 118 Å². The normalized spacial score (nSPS) is 17.0. The first-order valence-electron chi connectivity index (χ1n) is 41.9. The summed E-state index contributed by atoms with van der Waals surface area (Å²) in [6.45, 7) is 13.5. The predicted molar refractivity (Wildman–Crippen MR) is 434 cm³/mol. The third-order valence-corrected chi connectivity index (χ3v) is 20.5. The van der Waals surface area contributed by atoms with Crippen LogP contribution in [0.5, 0.6) is 0 Å². The largest absolute Gasteiger partial charge is 0.387 e. The van der Waals surface area contributed by atoms with E-state index in [0.717, 1.165) is 5.56 Å². The van der Waals surface area contributed by atoms with Crippen LogP contribution in [0.3, 0.4) is 0 Å². The van der Waals surface area contributed by atoms with E-state index in [1.165, 1.54) is 11.0 Å². The number of benzene rings is 2. The lowest BCUT2D eigenvalue weighted by atomic mass is 9.81. The summed E-state index contributed by atoms with van der Waals surface area (Å²) in [5.74, 6) is -7.53. The van der Waals surface area contributed by atoms with Gasteiger partial charge in [0.15, 0.2) is 5.60 Å². The van der Waals surface area contributed by atoms with Crippen LogP contribution in [-0.4, -0.2) is 321 Å². The Hall–Kier alpha value is -8.97. The molecular weight excluding hydrogens is 1600 g/mol. The molecule has 3 aromatic rings. The molecule has 8 N–H and O–H groups in total. The number of hydrogen-bond donors (Lipinski definition) is 8. The minimum Gasteiger partial charge on any atom is -0.387 e. The first-order valence-corrected chi connectivity index (χ1v) is 41.9. The molecule has 0 radical (unpaired) electrons. The maximum Gasteiger partial charge on any atom is 0.350 e. The number of amides is 9. The van der Waals surface area contributed by atoms with Gasteiger partial charge in [-0.25, -0.2) is 19.0 Å². The summed E-state index contributed by atoms with van der Waals surface area (Å²) in [5, 5.41) is 30.9. The number of ether oxygens (including phenoxy) is 15. The standard InChI is InChI=1S/C84H121FN10O27/c1-5-84(107)63-48-69-78-62(53-94(69)52-61(63)82(105)122-83(84)106)77-65(19-18-60-58(3)64(85)49-67(93-78)76(60)77)90-74(100)55-121-56-89-71(97)50-87-80(103)68(47-59-14-8-6-9-15-59)92-72(98)51-88-79(102)66(91-70(96)17-10-7-13-21-95-75(101)46-57(2)81(95)104)16-11-12-20-86-73(99)54-120-45-44-119-43-42-118-41-40-117-39-38-116-37-36-115-35-34-114-33-32-113-31-30-112-29-28-111-27-26-110-25-24-109-23-22-108-4/h6,8-9,14-15,48-49,57,65-66,68,107H,5,7,10-13,16-47,50-56H2,1-4H3,(H,86,99)(H,87,103)(H,88,102)(H,89,97)(H,90,100)(H,91,96)(H,92,98)/t57?,65-,66-,68-,84-/m0/s1. The van der Waals surface area contributed by atoms with Crippen molar-refractivity contribution in [3.8, 4) is 0 Å². The molecule has 38 heteroatoms. The number of carbonyl (C=O) groups is 11. The average Bonchev–Trinajstić information content (AvgIpc) is 1.52. The molecule has 1 unspecified atom stereocenters. The first-order chi connectivity index (χ1) is 59.2. The van der Waals surface area contributed by atoms with Crippen LogP contribution in [0.15, 0.2) is 53.6 Å². The maximum atomic E-state index is 15.5. The van der Waals surface area contributed by atoms with Gasteiger partial charge in [-0.3, -0.25) is 48.1 Å². The number of methoxy groups -OCH3 is 1. The van der Waals surface area contributed by atoms with E-state index in [9.17, 15) is 57.8 Å². The van der Waals surface area contributed by atoms with Crippen LogP contribution in [-0.2, 0) is 143 Å². The summed E-state index contributed by atoms with van der Waals surface area (Å²) in [6.07, 6.45) is 4.68. The van der Waals surface area contributed by atoms with Crippen molar-refractivity contribution in [1.29, 1.82) is 0 Å². The Morgan fingerprint density at radius 1 is 0.607 bits per heavy atom. The van der Waals surface area contributed by atoms with E-state index in [1.807, 2.05) is 4.90 Å². The number of imide groups is 1. The van der Waals surface area contributed by atoms with E-state index in [-0.39, 0.29) is 113 Å². The molecular formula is C84H121FN10O27. The van der Waals surface area contributed by atoms with Crippen molar-refractivity contribution in [3.05, 3.63) is 92.9 Å². The predicted octanol–water partition coefficient (Wildman–Crippen LogP) is 1.10. The van der Waals surface area contributed by atoms with Crippen molar-refractivity contribution in [1.82, 2.24) is 52.0 Å². The zero-order valence-electron chi connectivity index (χ0n) is 70.5. The van der Waals surface area contributed by atoms with Crippen LogP contribution in [0.4, 0.5) is 4.39 Å². The number of likely N-dealkylation sites (tertiary alicyclic amines) is 1. The van der Waals surface area contributed by atoms with Crippen LogP contribution in [0.2, 0.25) is 0 Å². The quantitative estimate of drug-likeness (QED) is 0.0129. The molecule has 0 spiro atoms. The van der Waals surface area contributed by atoms with Gasteiger partial charge in [0.05, 0.1) is 207 Å². The molecule has 5 atom stereocenters. The van der Waals surface area contributed by atoms with Gasteiger partial charge in [0.2, 0.25) is 53.2 Å². The molecule has 1 fully saturated rings. The molecule has 0 bridgehead atoms. The van der Waals surface area contributed by atoms with Gasteiger partial charge >= 0.3 is 11.9 Å². The molecule has 4 aliphatic heterocycles. The smallest absolute Gasteiger partial charge is 0.350 e.